The lowest BCUT2D eigenvalue weighted by Crippen LogP contribution is -3.16. The van der Waals surface area contributed by atoms with Crippen LogP contribution < -0.4 is 9.64 Å². The Kier molecular flexibility index (Phi) is 5.46. The molecule has 0 aliphatic carbocycles. The third kappa shape index (κ3) is 4.05. The number of morpholine rings is 1. The van der Waals surface area contributed by atoms with Crippen LogP contribution in [0, 0.1) is 0 Å². The first-order chi connectivity index (χ1) is 12.0. The summed E-state index contributed by atoms with van der Waals surface area (Å²) >= 11 is 0.984. The maximum absolute atomic E-state index is 12.7. The molecule has 0 spiro atoms. The molecule has 1 N–H and O–H groups in total. The summed E-state index contributed by atoms with van der Waals surface area (Å²) in [6.07, 6.45) is 1.98. The van der Waals surface area contributed by atoms with Crippen LogP contribution in [0.1, 0.15) is 19.4 Å². The number of hydrogen-bond acceptors (Lipinski definition) is 5. The van der Waals surface area contributed by atoms with Crippen molar-refractivity contribution in [2.24, 2.45) is 0 Å². The van der Waals surface area contributed by atoms with Crippen LogP contribution in [0.5, 0.6) is 5.75 Å². The van der Waals surface area contributed by atoms with E-state index in [9.17, 15) is 9.59 Å². The van der Waals surface area contributed by atoms with Gasteiger partial charge in [-0.3, -0.25) is 9.59 Å². The maximum atomic E-state index is 12.7. The number of nitrogens with one attached hydrogen (secondary N) is 1. The number of imide groups is 1. The zero-order chi connectivity index (χ0) is 18.0. The summed E-state index contributed by atoms with van der Waals surface area (Å²) in [6, 6.07) is 7.44. The zero-order valence-electron chi connectivity index (χ0n) is 14.7. The van der Waals surface area contributed by atoms with Crippen molar-refractivity contribution in [2.45, 2.75) is 26.1 Å². The molecule has 134 valence electrons. The number of quaternary nitrogens is 1. The van der Waals surface area contributed by atoms with E-state index in [0.717, 1.165) is 30.4 Å². The van der Waals surface area contributed by atoms with Crippen molar-refractivity contribution in [2.75, 3.05) is 26.9 Å². The van der Waals surface area contributed by atoms with E-state index in [-0.39, 0.29) is 23.4 Å². The van der Waals surface area contributed by atoms with Gasteiger partial charge in [0.15, 0.2) is 6.67 Å². The number of hydrogen-bond donors (Lipinski definition) is 1. The summed E-state index contributed by atoms with van der Waals surface area (Å²) in [5.41, 5.74) is 0.788. The van der Waals surface area contributed by atoms with Crippen molar-refractivity contribution in [3.05, 3.63) is 34.7 Å². The molecule has 2 fully saturated rings. The molecule has 2 aliphatic heterocycles. The minimum Gasteiger partial charge on any atom is -0.496 e. The van der Waals surface area contributed by atoms with Crippen LogP contribution in [-0.2, 0) is 9.53 Å². The molecule has 1 aromatic rings. The lowest BCUT2D eigenvalue weighted by Gasteiger charge is -2.33. The first kappa shape index (κ1) is 18.0. The number of rotatable bonds is 4. The molecule has 1 unspecified atom stereocenters. The van der Waals surface area contributed by atoms with Crippen LogP contribution in [0.25, 0.3) is 6.08 Å². The first-order valence-corrected chi connectivity index (χ1v) is 9.17. The molecule has 2 aliphatic rings. The van der Waals surface area contributed by atoms with Gasteiger partial charge in [0.2, 0.25) is 0 Å². The molecule has 0 aromatic heterocycles. The van der Waals surface area contributed by atoms with Crippen LogP contribution in [0.2, 0.25) is 0 Å². The molecule has 0 radical (unpaired) electrons. The molecule has 25 heavy (non-hydrogen) atoms. The predicted octanol–water partition coefficient (Wildman–Crippen LogP) is 1.38. The van der Waals surface area contributed by atoms with Gasteiger partial charge in [-0.2, -0.15) is 0 Å². The molecule has 7 heteroatoms. The van der Waals surface area contributed by atoms with Gasteiger partial charge in [-0.1, -0.05) is 18.2 Å². The Balaban J connectivity index is 1.75. The zero-order valence-corrected chi connectivity index (χ0v) is 15.5. The third-order valence-electron chi connectivity index (χ3n) is 4.30. The highest BCUT2D eigenvalue weighted by molar-refractivity contribution is 8.18. The van der Waals surface area contributed by atoms with Crippen LogP contribution >= 0.6 is 11.8 Å². The fourth-order valence-electron chi connectivity index (χ4n) is 3.31. The number of para-hydroxylation sites is 1. The standard InChI is InChI=1S/C18H22N2O4S/c1-12-9-19(10-13(2)24-12)11-20-17(21)16(25-18(20)22)8-14-6-4-5-7-15(14)23-3/h4-8,12-13H,9-11H2,1-3H3/p+1/b16-8+/t12-,13+. The van der Waals surface area contributed by atoms with Crippen molar-refractivity contribution in [1.29, 1.82) is 0 Å². The molecule has 3 rings (SSSR count). The molecule has 1 aromatic carbocycles. The van der Waals surface area contributed by atoms with Crippen LogP contribution in [0.4, 0.5) is 4.79 Å². The van der Waals surface area contributed by atoms with Gasteiger partial charge in [0.25, 0.3) is 11.1 Å². The molecule has 6 nitrogen and oxygen atoms in total. The van der Waals surface area contributed by atoms with E-state index in [1.54, 1.807) is 13.2 Å². The lowest BCUT2D eigenvalue weighted by molar-refractivity contribution is -0.921. The van der Waals surface area contributed by atoms with Gasteiger partial charge >= 0.3 is 0 Å². The second-order valence-corrected chi connectivity index (χ2v) is 7.42. The fraction of sp³-hybridized carbons (Fsp3) is 0.444. The number of methoxy groups -OCH3 is 1. The molecule has 2 amide bonds. The van der Waals surface area contributed by atoms with E-state index in [4.69, 9.17) is 9.47 Å². The molecular weight excluding hydrogens is 340 g/mol. The fourth-order valence-corrected chi connectivity index (χ4v) is 4.13. The highest BCUT2D eigenvalue weighted by Gasteiger charge is 2.39. The van der Waals surface area contributed by atoms with Crippen LogP contribution in [0.3, 0.4) is 0 Å². The number of nitrogens with zero attached hydrogens (tertiary/aromatic N) is 1. The average molecular weight is 363 g/mol. The summed E-state index contributed by atoms with van der Waals surface area (Å²) in [6.45, 7) is 6.00. The van der Waals surface area contributed by atoms with Crippen molar-refractivity contribution in [3.8, 4) is 5.75 Å². The average Bonchev–Trinajstić information content (AvgIpc) is 2.82. The van der Waals surface area contributed by atoms with E-state index < -0.39 is 0 Å². The molecule has 0 saturated carbocycles. The van der Waals surface area contributed by atoms with Gasteiger partial charge < -0.3 is 14.4 Å². The van der Waals surface area contributed by atoms with Crippen LogP contribution in [-0.4, -0.2) is 55.1 Å². The van der Waals surface area contributed by atoms with Crippen molar-refractivity contribution in [1.82, 2.24) is 4.90 Å². The molecule has 2 heterocycles. The number of amides is 2. The predicted molar refractivity (Wildman–Crippen MR) is 96.4 cm³/mol. The van der Waals surface area contributed by atoms with E-state index >= 15 is 0 Å². The summed E-state index contributed by atoms with van der Waals surface area (Å²) < 4.78 is 11.0. The first-order valence-electron chi connectivity index (χ1n) is 8.35. The normalized spacial score (nSPS) is 28.7. The Morgan fingerprint density at radius 3 is 2.64 bits per heavy atom. The van der Waals surface area contributed by atoms with E-state index in [1.807, 2.05) is 38.1 Å². The number of ether oxygens (including phenoxy) is 2. The van der Waals surface area contributed by atoms with Crippen molar-refractivity contribution in [3.63, 3.8) is 0 Å². The summed E-state index contributed by atoms with van der Waals surface area (Å²) in [5.74, 6) is 0.441. The summed E-state index contributed by atoms with van der Waals surface area (Å²) in [5, 5.41) is -0.217. The summed E-state index contributed by atoms with van der Waals surface area (Å²) in [4.78, 5) is 28.0. The van der Waals surface area contributed by atoms with E-state index in [1.165, 1.54) is 9.80 Å². The topological polar surface area (TPSA) is 60.3 Å². The maximum Gasteiger partial charge on any atom is 0.298 e. The van der Waals surface area contributed by atoms with E-state index in [2.05, 4.69) is 0 Å². The third-order valence-corrected chi connectivity index (χ3v) is 5.21. The van der Waals surface area contributed by atoms with Gasteiger partial charge in [0, 0.05) is 5.56 Å². The largest absolute Gasteiger partial charge is 0.496 e. The Hall–Kier alpha value is -1.83. The molecular formula is C18H23N2O4S+. The van der Waals surface area contributed by atoms with Crippen LogP contribution in [0.15, 0.2) is 29.2 Å². The molecule has 2 saturated heterocycles. The second kappa shape index (κ2) is 7.59. The number of thioether (sulfide) groups is 1. The minimum absolute atomic E-state index is 0.128. The number of carbonyl (C=O) groups excluding carboxylic acids is 2. The van der Waals surface area contributed by atoms with E-state index in [0.29, 0.717) is 17.3 Å². The minimum atomic E-state index is -0.236. The monoisotopic (exact) mass is 363 g/mol. The SMILES string of the molecule is COc1ccccc1/C=C1/SC(=O)N(C[NH+]2C[C@@H](C)O[C@@H](C)C2)C1=O. The highest BCUT2D eigenvalue weighted by Crippen LogP contribution is 2.33. The molecule has 3 atom stereocenters. The lowest BCUT2D eigenvalue weighted by atomic mass is 10.2. The van der Waals surface area contributed by atoms with Gasteiger partial charge in [0.1, 0.15) is 31.0 Å². The number of benzene rings is 1. The Bertz CT molecular complexity index is 696. The number of carbonyl (C=O) groups is 2. The van der Waals surface area contributed by atoms with Crippen molar-refractivity contribution >= 4 is 29.0 Å². The quantitative estimate of drug-likeness (QED) is 0.819. The summed E-state index contributed by atoms with van der Waals surface area (Å²) in [7, 11) is 1.59. The Labute approximate surface area is 151 Å². The Morgan fingerprint density at radius 1 is 1.28 bits per heavy atom. The highest BCUT2D eigenvalue weighted by atomic mass is 32.2. The van der Waals surface area contributed by atoms with Gasteiger partial charge in [-0.25, -0.2) is 4.90 Å². The smallest absolute Gasteiger partial charge is 0.298 e. The molecule has 0 bridgehead atoms. The second-order valence-electron chi connectivity index (χ2n) is 6.43. The van der Waals surface area contributed by atoms with Gasteiger partial charge in [-0.05, 0) is 37.8 Å². The van der Waals surface area contributed by atoms with Gasteiger partial charge in [0.05, 0.1) is 12.0 Å². The Morgan fingerprint density at radius 2 is 1.96 bits per heavy atom. The van der Waals surface area contributed by atoms with Crippen molar-refractivity contribution < 1.29 is 24.0 Å². The van der Waals surface area contributed by atoms with Gasteiger partial charge in [-0.15, -0.1) is 0 Å².